The monoisotopic (exact) mass is 533 g/mol. The number of pyridine rings is 1. The Hall–Kier alpha value is -3.96. The quantitative estimate of drug-likeness (QED) is 0.367. The standard InChI is InChI=1S/C28H29F2N7O2/c29-22-4-1-5-23(30)27(22)28-31-9-6-25(35-28)34-26-13-24(36-10-2-3-20(38)17-36)21(15-32-26)18-14-33-37(16-18)19-7-11-39-12-8-19/h1,4-6,9,13-16,19-20,38H,2-3,7-8,10-12,17H2,(H,31,32,34,35)/t20-/m0/s1. The molecule has 3 aromatic heterocycles. The minimum Gasteiger partial charge on any atom is -0.391 e. The normalized spacial score (nSPS) is 18.3. The Balaban J connectivity index is 1.32. The predicted molar refractivity (Wildman–Crippen MR) is 143 cm³/mol. The number of hydrogen-bond acceptors (Lipinski definition) is 8. The van der Waals surface area contributed by atoms with Gasteiger partial charge in [-0.15, -0.1) is 0 Å². The number of β-amino-alcohol motifs (C(OH)–C–C–N with tert-alkyl or cyclic N) is 1. The van der Waals surface area contributed by atoms with Crippen molar-refractivity contribution in [1.29, 1.82) is 0 Å². The average Bonchev–Trinajstić information content (AvgIpc) is 3.44. The first-order chi connectivity index (χ1) is 19.0. The van der Waals surface area contributed by atoms with E-state index in [1.165, 1.54) is 24.4 Å². The van der Waals surface area contributed by atoms with Gasteiger partial charge >= 0.3 is 0 Å². The second-order valence-electron chi connectivity index (χ2n) is 9.87. The van der Waals surface area contributed by atoms with Crippen molar-refractivity contribution in [3.8, 4) is 22.5 Å². The van der Waals surface area contributed by atoms with E-state index < -0.39 is 17.7 Å². The fourth-order valence-electron chi connectivity index (χ4n) is 5.19. The summed E-state index contributed by atoms with van der Waals surface area (Å²) in [6.45, 7) is 2.76. The van der Waals surface area contributed by atoms with Crippen LogP contribution in [0.5, 0.6) is 0 Å². The summed E-state index contributed by atoms with van der Waals surface area (Å²) >= 11 is 0. The first kappa shape index (κ1) is 25.3. The van der Waals surface area contributed by atoms with E-state index >= 15 is 0 Å². The van der Waals surface area contributed by atoms with E-state index in [4.69, 9.17) is 4.74 Å². The van der Waals surface area contributed by atoms with E-state index in [0.29, 0.717) is 24.2 Å². The van der Waals surface area contributed by atoms with Gasteiger partial charge < -0.3 is 20.1 Å². The Morgan fingerprint density at radius 3 is 2.62 bits per heavy atom. The summed E-state index contributed by atoms with van der Waals surface area (Å²) in [7, 11) is 0. The number of halogens is 2. The smallest absolute Gasteiger partial charge is 0.167 e. The highest BCUT2D eigenvalue weighted by Crippen LogP contribution is 2.35. The number of piperidine rings is 1. The Labute approximate surface area is 224 Å². The number of anilines is 3. The molecule has 2 saturated heterocycles. The summed E-state index contributed by atoms with van der Waals surface area (Å²) in [6.07, 6.45) is 10.2. The molecule has 202 valence electrons. The Kier molecular flexibility index (Phi) is 7.16. The summed E-state index contributed by atoms with van der Waals surface area (Å²) in [5.41, 5.74) is 2.47. The number of aliphatic hydroxyl groups is 1. The van der Waals surface area contributed by atoms with Crippen LogP contribution in [0.3, 0.4) is 0 Å². The fraction of sp³-hybridized carbons (Fsp3) is 0.357. The van der Waals surface area contributed by atoms with E-state index in [1.54, 1.807) is 12.3 Å². The van der Waals surface area contributed by atoms with Gasteiger partial charge in [0.05, 0.1) is 29.6 Å². The van der Waals surface area contributed by atoms with E-state index in [2.05, 4.69) is 30.3 Å². The van der Waals surface area contributed by atoms with Crippen LogP contribution >= 0.6 is 0 Å². The van der Waals surface area contributed by atoms with Crippen molar-refractivity contribution in [1.82, 2.24) is 24.7 Å². The zero-order chi connectivity index (χ0) is 26.8. The molecule has 39 heavy (non-hydrogen) atoms. The molecule has 0 radical (unpaired) electrons. The maximum absolute atomic E-state index is 14.3. The number of rotatable bonds is 6. The number of aliphatic hydroxyl groups excluding tert-OH is 1. The Morgan fingerprint density at radius 2 is 1.82 bits per heavy atom. The molecule has 4 aromatic rings. The molecular weight excluding hydrogens is 504 g/mol. The largest absolute Gasteiger partial charge is 0.391 e. The van der Waals surface area contributed by atoms with Crippen molar-refractivity contribution >= 4 is 17.3 Å². The topological polar surface area (TPSA) is 101 Å². The van der Waals surface area contributed by atoms with Crippen LogP contribution in [-0.2, 0) is 4.74 Å². The molecule has 2 aliphatic rings. The van der Waals surface area contributed by atoms with Crippen LogP contribution in [0, 0.1) is 11.6 Å². The van der Waals surface area contributed by atoms with E-state index in [0.717, 1.165) is 62.3 Å². The maximum atomic E-state index is 14.3. The lowest BCUT2D eigenvalue weighted by molar-refractivity contribution is 0.0662. The van der Waals surface area contributed by atoms with Crippen molar-refractivity contribution in [3.63, 3.8) is 0 Å². The minimum atomic E-state index is -0.734. The van der Waals surface area contributed by atoms with Crippen LogP contribution in [0.15, 0.2) is 55.1 Å². The molecule has 1 aromatic carbocycles. The van der Waals surface area contributed by atoms with Crippen molar-refractivity contribution in [2.75, 3.05) is 36.5 Å². The molecule has 2 N–H and O–H groups in total. The van der Waals surface area contributed by atoms with Gasteiger partial charge in [-0.2, -0.15) is 5.10 Å². The number of hydrogen-bond donors (Lipinski definition) is 2. The number of nitrogens with one attached hydrogen (secondary N) is 1. The van der Waals surface area contributed by atoms with Gasteiger partial charge in [0.25, 0.3) is 0 Å². The Morgan fingerprint density at radius 1 is 1.00 bits per heavy atom. The summed E-state index contributed by atoms with van der Waals surface area (Å²) < 4.78 is 36.1. The molecule has 9 nitrogen and oxygen atoms in total. The first-order valence-corrected chi connectivity index (χ1v) is 13.1. The molecule has 1 atom stereocenters. The highest BCUT2D eigenvalue weighted by atomic mass is 19.1. The van der Waals surface area contributed by atoms with Gasteiger partial charge in [-0.05, 0) is 43.9 Å². The van der Waals surface area contributed by atoms with Crippen LogP contribution in [0.2, 0.25) is 0 Å². The first-order valence-electron chi connectivity index (χ1n) is 13.1. The number of aromatic nitrogens is 5. The van der Waals surface area contributed by atoms with Crippen molar-refractivity contribution in [3.05, 3.63) is 66.8 Å². The lowest BCUT2D eigenvalue weighted by Crippen LogP contribution is -2.38. The van der Waals surface area contributed by atoms with Crippen LogP contribution in [-0.4, -0.2) is 62.2 Å². The summed E-state index contributed by atoms with van der Waals surface area (Å²) in [6, 6.07) is 7.46. The molecule has 5 heterocycles. The van der Waals surface area contributed by atoms with Crippen molar-refractivity contribution in [2.24, 2.45) is 0 Å². The maximum Gasteiger partial charge on any atom is 0.167 e. The van der Waals surface area contributed by atoms with Crippen LogP contribution in [0.1, 0.15) is 31.7 Å². The molecule has 0 amide bonds. The van der Waals surface area contributed by atoms with Gasteiger partial charge in [0.1, 0.15) is 23.3 Å². The van der Waals surface area contributed by atoms with Gasteiger partial charge in [0, 0.05) is 62.1 Å². The van der Waals surface area contributed by atoms with Crippen molar-refractivity contribution < 1.29 is 18.6 Å². The van der Waals surface area contributed by atoms with E-state index in [-0.39, 0.29) is 11.4 Å². The predicted octanol–water partition coefficient (Wildman–Crippen LogP) is 4.74. The van der Waals surface area contributed by atoms with Gasteiger partial charge in [0.15, 0.2) is 5.82 Å². The molecule has 11 heteroatoms. The van der Waals surface area contributed by atoms with Gasteiger partial charge in [-0.3, -0.25) is 4.68 Å². The third-order valence-electron chi connectivity index (χ3n) is 7.19. The van der Waals surface area contributed by atoms with Crippen LogP contribution in [0.25, 0.3) is 22.5 Å². The zero-order valence-corrected chi connectivity index (χ0v) is 21.3. The van der Waals surface area contributed by atoms with Gasteiger partial charge in [0.2, 0.25) is 0 Å². The van der Waals surface area contributed by atoms with E-state index in [1.807, 2.05) is 23.1 Å². The minimum absolute atomic E-state index is 0.0628. The molecule has 0 spiro atoms. The molecule has 6 rings (SSSR count). The highest BCUT2D eigenvalue weighted by molar-refractivity contribution is 5.80. The molecule has 2 fully saturated rings. The second-order valence-corrected chi connectivity index (χ2v) is 9.87. The molecule has 2 aliphatic heterocycles. The molecular formula is C28H29F2N7O2. The van der Waals surface area contributed by atoms with Gasteiger partial charge in [-0.25, -0.2) is 23.7 Å². The van der Waals surface area contributed by atoms with Crippen LogP contribution < -0.4 is 10.2 Å². The third-order valence-corrected chi connectivity index (χ3v) is 7.19. The SMILES string of the molecule is O[C@H]1CCCN(c2cc(Nc3ccnc(-c4c(F)cccc4F)n3)ncc2-c2cnn(C3CCOCC3)c2)C1. The number of nitrogens with zero attached hydrogens (tertiary/aromatic N) is 6. The zero-order valence-electron chi connectivity index (χ0n) is 21.3. The third kappa shape index (κ3) is 5.45. The lowest BCUT2D eigenvalue weighted by atomic mass is 10.0. The number of benzene rings is 1. The van der Waals surface area contributed by atoms with Crippen LogP contribution in [0.4, 0.5) is 26.1 Å². The Bertz CT molecular complexity index is 1440. The van der Waals surface area contributed by atoms with Crippen molar-refractivity contribution in [2.45, 2.75) is 37.8 Å². The molecule has 0 unspecified atom stereocenters. The molecule has 0 aliphatic carbocycles. The second kappa shape index (κ2) is 11.0. The van der Waals surface area contributed by atoms with Gasteiger partial charge in [-0.1, -0.05) is 6.07 Å². The summed E-state index contributed by atoms with van der Waals surface area (Å²) in [5.74, 6) is -0.681. The summed E-state index contributed by atoms with van der Waals surface area (Å²) in [5, 5.41) is 18.2. The lowest BCUT2D eigenvalue weighted by Gasteiger charge is -2.33. The average molecular weight is 534 g/mol. The summed E-state index contributed by atoms with van der Waals surface area (Å²) in [4.78, 5) is 15.2. The fourth-order valence-corrected chi connectivity index (χ4v) is 5.19. The highest BCUT2D eigenvalue weighted by Gasteiger charge is 2.23. The number of ether oxygens (including phenoxy) is 1. The van der Waals surface area contributed by atoms with E-state index in [9.17, 15) is 13.9 Å². The molecule has 0 saturated carbocycles. The molecule has 0 bridgehead atoms.